The van der Waals surface area contributed by atoms with Crippen molar-refractivity contribution in [2.24, 2.45) is 0 Å². The van der Waals surface area contributed by atoms with E-state index in [1.54, 1.807) is 0 Å². The molecule has 0 N–H and O–H groups in total. The summed E-state index contributed by atoms with van der Waals surface area (Å²) in [6.07, 6.45) is 0. The monoisotopic (exact) mass is 241 g/mol. The number of alkyl halides is 6. The molecule has 0 rings (SSSR count). The predicted octanol–water partition coefficient (Wildman–Crippen LogP) is 3.71. The minimum absolute atomic E-state index is 1.19. The van der Waals surface area contributed by atoms with Crippen LogP contribution in [0.5, 0.6) is 0 Å². The van der Waals surface area contributed by atoms with Gasteiger partial charge in [0.25, 0.3) is 0 Å². The zero-order valence-corrected chi connectivity index (χ0v) is 8.99. The van der Waals surface area contributed by atoms with Crippen molar-refractivity contribution in [2.45, 2.75) is 34.1 Å². The van der Waals surface area contributed by atoms with E-state index in [2.05, 4.69) is 25.7 Å². The second-order valence-electron chi connectivity index (χ2n) is 2.11. The molecule has 15 heavy (non-hydrogen) atoms. The van der Waals surface area contributed by atoms with Crippen molar-refractivity contribution in [1.82, 2.24) is 4.90 Å². The van der Waals surface area contributed by atoms with Gasteiger partial charge in [-0.1, -0.05) is 20.8 Å². The van der Waals surface area contributed by atoms with Gasteiger partial charge in [-0.2, -0.15) is 26.3 Å². The van der Waals surface area contributed by atoms with Crippen molar-refractivity contribution in [3.05, 3.63) is 0 Å². The van der Waals surface area contributed by atoms with Crippen LogP contribution in [-0.2, 0) is 0 Å². The molecule has 0 saturated heterocycles. The van der Waals surface area contributed by atoms with Crippen LogP contribution in [0.15, 0.2) is 0 Å². The Morgan fingerprint density at radius 3 is 0.800 bits per heavy atom. The molecule has 0 fully saturated rings. The summed E-state index contributed by atoms with van der Waals surface area (Å²) in [5, 5.41) is 0. The van der Waals surface area contributed by atoms with Crippen molar-refractivity contribution in [3.63, 3.8) is 0 Å². The van der Waals surface area contributed by atoms with Crippen LogP contribution in [0.4, 0.5) is 26.3 Å². The number of rotatable bonds is 3. The molecule has 0 amide bonds. The molecule has 0 aromatic heterocycles. The Bertz CT molecular complexity index is 80.1. The fourth-order valence-electron chi connectivity index (χ4n) is 0.671. The van der Waals surface area contributed by atoms with Crippen LogP contribution in [0, 0.1) is 0 Å². The summed E-state index contributed by atoms with van der Waals surface area (Å²) in [4.78, 5) is 2.38. The third kappa shape index (κ3) is 58.8. The number of hydrogen-bond acceptors (Lipinski definition) is 1. The van der Waals surface area contributed by atoms with E-state index in [-0.39, 0.29) is 0 Å². The Labute approximate surface area is 86.1 Å². The summed E-state index contributed by atoms with van der Waals surface area (Å²) in [7, 11) is 0. The molecule has 1 nitrogen and oxygen atoms in total. The fraction of sp³-hybridized carbons (Fsp3) is 1.00. The first-order valence-corrected chi connectivity index (χ1v) is 4.38. The highest BCUT2D eigenvalue weighted by Gasteiger charge is 1.89. The third-order valence-electron chi connectivity index (χ3n) is 1.34. The van der Waals surface area contributed by atoms with Gasteiger partial charge in [0, 0.05) is 0 Å². The molecule has 0 aliphatic rings. The molecule has 0 bridgehead atoms. The average Bonchev–Trinajstić information content (AvgIpc) is 2.05. The lowest BCUT2D eigenvalue weighted by Gasteiger charge is -2.13. The summed E-state index contributed by atoms with van der Waals surface area (Å²) in [5.74, 6) is 0. The van der Waals surface area contributed by atoms with Gasteiger partial charge in [0.2, 0.25) is 0 Å². The van der Waals surface area contributed by atoms with E-state index in [4.69, 9.17) is 0 Å². The van der Waals surface area contributed by atoms with Gasteiger partial charge in [0.1, 0.15) is 0 Å². The van der Waals surface area contributed by atoms with E-state index >= 15 is 0 Å². The highest BCUT2D eigenvalue weighted by molar-refractivity contribution is 4.43. The highest BCUT2D eigenvalue weighted by Crippen LogP contribution is 1.87. The SMILES string of the molecule is CCN(CC)CC.FC(F)F.FC(F)F. The zero-order valence-electron chi connectivity index (χ0n) is 8.99. The molecular weight excluding hydrogens is 224 g/mol. The molecule has 0 atom stereocenters. The Balaban J connectivity index is -0.000000155. The molecule has 0 aromatic carbocycles. The first kappa shape index (κ1) is 20.0. The van der Waals surface area contributed by atoms with E-state index in [1.807, 2.05) is 0 Å². The Hall–Kier alpha value is -0.460. The molecule has 0 aliphatic carbocycles. The Morgan fingerprint density at radius 2 is 0.800 bits per heavy atom. The van der Waals surface area contributed by atoms with Gasteiger partial charge in [0.15, 0.2) is 0 Å². The molecular formula is C8H17F6N. The largest absolute Gasteiger partial charge is 0.379 e. The molecule has 0 aliphatic heterocycles. The molecule has 0 radical (unpaired) electrons. The highest BCUT2D eigenvalue weighted by atomic mass is 19.4. The van der Waals surface area contributed by atoms with Crippen LogP contribution in [0.2, 0.25) is 0 Å². The molecule has 0 saturated carbocycles. The summed E-state index contributed by atoms with van der Waals surface area (Å²) < 4.78 is 58.0. The number of halogens is 6. The third-order valence-corrected chi connectivity index (χ3v) is 1.34. The van der Waals surface area contributed by atoms with Crippen molar-refractivity contribution in [3.8, 4) is 0 Å². The van der Waals surface area contributed by atoms with E-state index in [9.17, 15) is 26.3 Å². The first-order chi connectivity index (χ1) is 6.81. The fourth-order valence-corrected chi connectivity index (χ4v) is 0.671. The summed E-state index contributed by atoms with van der Waals surface area (Å²) in [5.41, 5.74) is 0. The van der Waals surface area contributed by atoms with Crippen LogP contribution in [-0.4, -0.2) is 37.9 Å². The Kier molecular flexibility index (Phi) is 21.3. The lowest BCUT2D eigenvalue weighted by molar-refractivity contribution is 0.00734. The Morgan fingerprint density at radius 1 is 0.667 bits per heavy atom. The van der Waals surface area contributed by atoms with Gasteiger partial charge >= 0.3 is 13.4 Å². The standard InChI is InChI=1S/C6H15N.2CHF3/c1-4-7(5-2)6-3;2*2-1(3)4/h4-6H2,1-3H3;2*1H. The second kappa shape index (κ2) is 16.0. The van der Waals surface area contributed by atoms with Crippen LogP contribution in [0.25, 0.3) is 0 Å². The summed E-state index contributed by atoms with van der Waals surface area (Å²) in [6.45, 7) is 2.79. The molecule has 0 spiro atoms. The second-order valence-corrected chi connectivity index (χ2v) is 2.11. The molecule has 7 heteroatoms. The van der Waals surface area contributed by atoms with Crippen LogP contribution in [0.1, 0.15) is 20.8 Å². The van der Waals surface area contributed by atoms with Gasteiger partial charge in [-0.25, -0.2) is 0 Å². The smallest absolute Gasteiger partial charge is 0.304 e. The molecule has 0 unspecified atom stereocenters. The van der Waals surface area contributed by atoms with Crippen molar-refractivity contribution >= 4 is 0 Å². The van der Waals surface area contributed by atoms with Gasteiger partial charge in [-0.3, -0.25) is 0 Å². The number of nitrogens with zero attached hydrogens (tertiary/aromatic N) is 1. The normalized spacial score (nSPS) is 9.60. The zero-order chi connectivity index (χ0) is 12.9. The molecule has 0 heterocycles. The summed E-state index contributed by atoms with van der Waals surface area (Å²) >= 11 is 0. The van der Waals surface area contributed by atoms with Gasteiger partial charge < -0.3 is 4.90 Å². The first-order valence-electron chi connectivity index (χ1n) is 4.38. The minimum Gasteiger partial charge on any atom is -0.304 e. The lowest BCUT2D eigenvalue weighted by atomic mass is 10.5. The molecule has 0 aromatic rings. The lowest BCUT2D eigenvalue weighted by Crippen LogP contribution is -2.21. The topological polar surface area (TPSA) is 3.24 Å². The van der Waals surface area contributed by atoms with E-state index in [0.717, 1.165) is 0 Å². The van der Waals surface area contributed by atoms with Crippen LogP contribution >= 0.6 is 0 Å². The quantitative estimate of drug-likeness (QED) is 0.681. The number of hydrogen-bond donors (Lipinski definition) is 0. The van der Waals surface area contributed by atoms with Crippen molar-refractivity contribution < 1.29 is 26.3 Å². The maximum Gasteiger partial charge on any atom is 0.379 e. The predicted molar refractivity (Wildman–Crippen MR) is 47.7 cm³/mol. The van der Waals surface area contributed by atoms with Gasteiger partial charge in [-0.15, -0.1) is 0 Å². The van der Waals surface area contributed by atoms with E-state index in [0.29, 0.717) is 0 Å². The van der Waals surface area contributed by atoms with E-state index < -0.39 is 13.4 Å². The van der Waals surface area contributed by atoms with Crippen molar-refractivity contribution in [1.29, 1.82) is 0 Å². The van der Waals surface area contributed by atoms with Crippen LogP contribution < -0.4 is 0 Å². The maximum atomic E-state index is 9.67. The maximum absolute atomic E-state index is 9.67. The minimum atomic E-state index is -3.67. The van der Waals surface area contributed by atoms with Gasteiger partial charge in [0.05, 0.1) is 0 Å². The van der Waals surface area contributed by atoms with Crippen LogP contribution in [0.3, 0.4) is 0 Å². The van der Waals surface area contributed by atoms with Crippen molar-refractivity contribution in [2.75, 3.05) is 19.6 Å². The molecule has 96 valence electrons. The summed E-state index contributed by atoms with van der Waals surface area (Å²) in [6, 6.07) is 0. The van der Waals surface area contributed by atoms with Gasteiger partial charge in [-0.05, 0) is 19.6 Å². The average molecular weight is 241 g/mol. The van der Waals surface area contributed by atoms with E-state index in [1.165, 1.54) is 19.6 Å².